The average molecular weight is 474 g/mol. The largest absolute Gasteiger partial charge is 0.416 e. The molecule has 3 aromatic carbocycles. The monoisotopic (exact) mass is 473 g/mol. The van der Waals surface area contributed by atoms with Gasteiger partial charge < -0.3 is 9.99 Å². The zero-order valence-corrected chi connectivity index (χ0v) is 18.7. The van der Waals surface area contributed by atoms with E-state index < -0.39 is 23.0 Å². The molecule has 0 aliphatic heterocycles. The molecule has 0 aliphatic carbocycles. The molecule has 0 saturated carbocycles. The van der Waals surface area contributed by atoms with E-state index in [0.717, 1.165) is 39.8 Å². The number of benzene rings is 3. The predicted molar refractivity (Wildman–Crippen MR) is 125 cm³/mol. The van der Waals surface area contributed by atoms with E-state index in [1.54, 1.807) is 12.1 Å². The third-order valence-electron chi connectivity index (χ3n) is 5.43. The highest BCUT2D eigenvalue weighted by atomic mass is 32.2. The summed E-state index contributed by atoms with van der Waals surface area (Å²) in [7, 11) is 0. The number of alkyl halides is 3. The summed E-state index contributed by atoms with van der Waals surface area (Å²) in [5, 5.41) is 1.07. The summed E-state index contributed by atoms with van der Waals surface area (Å²) in [5.74, 6) is 0.273. The maximum absolute atomic E-state index is 12.9. The Morgan fingerprint density at radius 1 is 0.939 bits per heavy atom. The van der Waals surface area contributed by atoms with Gasteiger partial charge in [0.1, 0.15) is 0 Å². The van der Waals surface area contributed by atoms with Gasteiger partial charge in [0.05, 0.1) is 11.1 Å². The van der Waals surface area contributed by atoms with Gasteiger partial charge in [-0.25, -0.2) is 4.21 Å². The normalized spacial score (nSPS) is 12.9. The summed E-state index contributed by atoms with van der Waals surface area (Å²) in [6.07, 6.45) is -2.30. The van der Waals surface area contributed by atoms with E-state index in [2.05, 4.69) is 30.3 Å². The minimum absolute atomic E-state index is 0.273. The number of hydrogen-bond donors (Lipinski definition) is 3. The highest BCUT2D eigenvalue weighted by Crippen LogP contribution is 2.35. The van der Waals surface area contributed by atoms with Crippen molar-refractivity contribution in [3.63, 3.8) is 0 Å². The summed E-state index contributed by atoms with van der Waals surface area (Å²) in [6, 6.07) is 18.4. The van der Waals surface area contributed by atoms with Gasteiger partial charge in [-0.05, 0) is 65.1 Å². The van der Waals surface area contributed by atoms with Crippen LogP contribution in [0.1, 0.15) is 30.9 Å². The minimum atomic E-state index is -4.37. The number of halogens is 3. The zero-order valence-electron chi connectivity index (χ0n) is 17.9. The van der Waals surface area contributed by atoms with Gasteiger partial charge in [0.25, 0.3) is 0 Å². The van der Waals surface area contributed by atoms with Gasteiger partial charge in [0, 0.05) is 23.0 Å². The molecule has 4 rings (SSSR count). The van der Waals surface area contributed by atoms with Crippen LogP contribution in [0.15, 0.2) is 72.9 Å². The first-order chi connectivity index (χ1) is 15.6. The maximum atomic E-state index is 12.9. The van der Waals surface area contributed by atoms with Crippen molar-refractivity contribution in [2.45, 2.75) is 25.9 Å². The summed E-state index contributed by atoms with van der Waals surface area (Å²) in [6.45, 7) is 4.22. The quantitative estimate of drug-likeness (QED) is 0.221. The standard InChI is InChI=1S/C24H22F3N3O2S/c1-15(2)22-14-30(20-10-8-19(9-11-20)28-29-33(31)32)23-13-17(5-12-21(22)23)16-3-6-18(7-4-16)24(25,26)27/h3-15,28-29H,1-2H3,(H,31,32). The number of rotatable bonds is 6. The number of anilines is 1. The molecule has 33 heavy (non-hydrogen) atoms. The van der Waals surface area contributed by atoms with E-state index >= 15 is 0 Å². The van der Waals surface area contributed by atoms with Gasteiger partial charge in [-0.3, -0.25) is 4.55 Å². The highest BCUT2D eigenvalue weighted by molar-refractivity contribution is 7.77. The lowest BCUT2D eigenvalue weighted by molar-refractivity contribution is -0.137. The molecule has 1 heterocycles. The Kier molecular flexibility index (Phi) is 6.29. The first kappa shape index (κ1) is 23.0. The van der Waals surface area contributed by atoms with Crippen molar-refractivity contribution in [2.75, 3.05) is 5.43 Å². The SMILES string of the molecule is CC(C)c1cn(-c2ccc(NNS(=O)O)cc2)c2cc(-c3ccc(C(F)(F)F)cc3)ccc12. The molecule has 0 bridgehead atoms. The highest BCUT2D eigenvalue weighted by Gasteiger charge is 2.30. The van der Waals surface area contributed by atoms with Crippen LogP contribution in [-0.4, -0.2) is 13.3 Å². The van der Waals surface area contributed by atoms with Crippen molar-refractivity contribution >= 4 is 27.9 Å². The molecule has 0 fully saturated rings. The lowest BCUT2D eigenvalue weighted by Crippen LogP contribution is -2.23. The fraction of sp³-hybridized carbons (Fsp3) is 0.167. The van der Waals surface area contributed by atoms with Crippen LogP contribution in [0, 0.1) is 0 Å². The first-order valence-corrected chi connectivity index (χ1v) is 11.3. The van der Waals surface area contributed by atoms with Crippen LogP contribution in [0.5, 0.6) is 0 Å². The van der Waals surface area contributed by atoms with Crippen LogP contribution in [0.2, 0.25) is 0 Å². The molecule has 0 spiro atoms. The Hall–Kier alpha value is -3.14. The zero-order chi connectivity index (χ0) is 23.8. The fourth-order valence-electron chi connectivity index (χ4n) is 3.77. The summed E-state index contributed by atoms with van der Waals surface area (Å²) in [5.41, 5.74) is 7.08. The molecule has 0 radical (unpaired) electrons. The smallest absolute Gasteiger partial charge is 0.316 e. The third-order valence-corrected chi connectivity index (χ3v) is 5.71. The second-order valence-corrected chi connectivity index (χ2v) is 8.64. The second kappa shape index (κ2) is 9.01. The number of nitrogens with zero attached hydrogens (tertiary/aromatic N) is 1. The maximum Gasteiger partial charge on any atom is 0.416 e. The van der Waals surface area contributed by atoms with Crippen LogP contribution in [0.3, 0.4) is 0 Å². The Morgan fingerprint density at radius 2 is 1.58 bits per heavy atom. The van der Waals surface area contributed by atoms with E-state index in [1.165, 1.54) is 12.1 Å². The molecule has 0 aliphatic rings. The van der Waals surface area contributed by atoms with E-state index in [-0.39, 0.29) is 5.92 Å². The number of fused-ring (bicyclic) bond motifs is 1. The number of hydrazine groups is 1. The molecule has 0 amide bonds. The number of nitrogens with one attached hydrogen (secondary N) is 2. The van der Waals surface area contributed by atoms with Gasteiger partial charge in [0.15, 0.2) is 0 Å². The van der Waals surface area contributed by atoms with Crippen molar-refractivity contribution in [1.82, 2.24) is 9.40 Å². The Morgan fingerprint density at radius 3 is 2.15 bits per heavy atom. The minimum Gasteiger partial charge on any atom is -0.316 e. The lowest BCUT2D eigenvalue weighted by Gasteiger charge is -2.10. The molecule has 5 nitrogen and oxygen atoms in total. The topological polar surface area (TPSA) is 66.3 Å². The predicted octanol–water partition coefficient (Wildman–Crippen LogP) is 6.49. The van der Waals surface area contributed by atoms with E-state index in [1.807, 2.05) is 34.9 Å². The van der Waals surface area contributed by atoms with E-state index in [9.17, 15) is 17.4 Å². The molecule has 3 N–H and O–H groups in total. The molecule has 172 valence electrons. The van der Waals surface area contributed by atoms with Crippen molar-refractivity contribution in [1.29, 1.82) is 0 Å². The van der Waals surface area contributed by atoms with Crippen molar-refractivity contribution in [2.24, 2.45) is 0 Å². The van der Waals surface area contributed by atoms with Crippen LogP contribution in [0.4, 0.5) is 18.9 Å². The average Bonchev–Trinajstić information content (AvgIpc) is 3.17. The van der Waals surface area contributed by atoms with E-state index in [0.29, 0.717) is 11.3 Å². The molecular weight excluding hydrogens is 451 g/mol. The molecule has 1 atom stereocenters. The summed E-state index contributed by atoms with van der Waals surface area (Å²) >= 11 is -2.18. The van der Waals surface area contributed by atoms with Gasteiger partial charge >= 0.3 is 6.18 Å². The lowest BCUT2D eigenvalue weighted by atomic mass is 9.99. The Labute approximate surface area is 191 Å². The molecule has 9 heteroatoms. The molecule has 1 unspecified atom stereocenters. The fourth-order valence-corrected chi connectivity index (χ4v) is 3.97. The summed E-state index contributed by atoms with van der Waals surface area (Å²) in [4.78, 5) is 2.21. The Balaban J connectivity index is 1.76. The van der Waals surface area contributed by atoms with Gasteiger partial charge in [-0.2, -0.15) is 13.2 Å². The summed E-state index contributed by atoms with van der Waals surface area (Å²) < 4.78 is 60.4. The van der Waals surface area contributed by atoms with Gasteiger partial charge in [-0.1, -0.05) is 38.1 Å². The third kappa shape index (κ3) is 4.95. The molecule has 0 saturated heterocycles. The van der Waals surface area contributed by atoms with Gasteiger partial charge in [0.2, 0.25) is 11.3 Å². The van der Waals surface area contributed by atoms with Crippen molar-refractivity contribution in [3.05, 3.63) is 84.1 Å². The second-order valence-electron chi connectivity index (χ2n) is 7.94. The van der Waals surface area contributed by atoms with Crippen LogP contribution in [0.25, 0.3) is 27.7 Å². The van der Waals surface area contributed by atoms with Crippen molar-refractivity contribution in [3.8, 4) is 16.8 Å². The van der Waals surface area contributed by atoms with E-state index in [4.69, 9.17) is 4.55 Å². The van der Waals surface area contributed by atoms with Crippen LogP contribution in [-0.2, 0) is 17.4 Å². The van der Waals surface area contributed by atoms with Gasteiger partial charge in [-0.15, -0.1) is 4.83 Å². The number of aromatic nitrogens is 1. The first-order valence-electron chi connectivity index (χ1n) is 10.2. The van der Waals surface area contributed by atoms with Crippen LogP contribution < -0.4 is 10.3 Å². The van der Waals surface area contributed by atoms with Crippen molar-refractivity contribution < 1.29 is 21.9 Å². The molecular formula is C24H22F3N3O2S. The molecule has 1 aromatic heterocycles. The molecule has 4 aromatic rings. The number of hydrogen-bond acceptors (Lipinski definition) is 2. The Bertz CT molecular complexity index is 1300. The van der Waals surface area contributed by atoms with Crippen LogP contribution >= 0.6 is 0 Å².